The first-order valence-corrected chi connectivity index (χ1v) is 10.2. The molecule has 2 amide bonds. The number of fused-ring (bicyclic) bond motifs is 1. The molecular weight excluding hydrogens is 384 g/mol. The molecule has 0 aromatic heterocycles. The lowest BCUT2D eigenvalue weighted by Crippen LogP contribution is -2.37. The molecule has 2 aliphatic heterocycles. The number of benzene rings is 2. The second-order valence-corrected chi connectivity index (χ2v) is 7.37. The van der Waals surface area contributed by atoms with Crippen molar-refractivity contribution < 1.29 is 23.8 Å². The van der Waals surface area contributed by atoms with Gasteiger partial charge in [-0.05, 0) is 25.1 Å². The Labute approximate surface area is 176 Å². The maximum atomic E-state index is 13.3. The molecule has 0 bridgehead atoms. The molecule has 0 saturated carbocycles. The Morgan fingerprint density at radius 1 is 1.17 bits per heavy atom. The van der Waals surface area contributed by atoms with E-state index in [9.17, 15) is 9.59 Å². The summed E-state index contributed by atoms with van der Waals surface area (Å²) in [5.41, 5.74) is 1.61. The van der Waals surface area contributed by atoms with Crippen molar-refractivity contribution in [2.75, 3.05) is 38.3 Å². The molecule has 0 N–H and O–H groups in total. The van der Waals surface area contributed by atoms with Gasteiger partial charge in [0.2, 0.25) is 11.8 Å². The van der Waals surface area contributed by atoms with E-state index in [4.69, 9.17) is 14.2 Å². The minimum Gasteiger partial charge on any atom is -0.495 e. The predicted molar refractivity (Wildman–Crippen MR) is 112 cm³/mol. The molecule has 2 heterocycles. The average molecular weight is 410 g/mol. The number of ether oxygens (including phenoxy) is 3. The molecule has 2 aliphatic rings. The summed E-state index contributed by atoms with van der Waals surface area (Å²) >= 11 is 0. The molecule has 7 heteroatoms. The van der Waals surface area contributed by atoms with E-state index >= 15 is 0 Å². The maximum Gasteiger partial charge on any atom is 0.228 e. The minimum absolute atomic E-state index is 0.0300. The zero-order valence-electron chi connectivity index (χ0n) is 17.3. The van der Waals surface area contributed by atoms with Gasteiger partial charge in [-0.15, -0.1) is 0 Å². The van der Waals surface area contributed by atoms with Gasteiger partial charge in [0, 0.05) is 31.6 Å². The first kappa shape index (κ1) is 20.1. The highest BCUT2D eigenvalue weighted by Crippen LogP contribution is 2.36. The number of carbonyl (C=O) groups is 2. The van der Waals surface area contributed by atoms with Crippen LogP contribution in [-0.2, 0) is 16.1 Å². The zero-order valence-corrected chi connectivity index (χ0v) is 17.3. The molecule has 4 rings (SSSR count). The molecule has 30 heavy (non-hydrogen) atoms. The van der Waals surface area contributed by atoms with Gasteiger partial charge in [0.15, 0.2) is 11.5 Å². The van der Waals surface area contributed by atoms with Crippen LogP contribution in [0.2, 0.25) is 0 Å². The molecule has 2 aromatic rings. The van der Waals surface area contributed by atoms with E-state index in [1.807, 2.05) is 49.4 Å². The Kier molecular flexibility index (Phi) is 5.79. The summed E-state index contributed by atoms with van der Waals surface area (Å²) in [5.74, 6) is 1.55. The van der Waals surface area contributed by atoms with Crippen LogP contribution in [0.4, 0.5) is 5.69 Å². The number of amides is 2. The average Bonchev–Trinajstić information content (AvgIpc) is 3.18. The first-order chi connectivity index (χ1) is 14.6. The molecule has 1 atom stereocenters. The summed E-state index contributed by atoms with van der Waals surface area (Å²) in [7, 11) is 1.58. The van der Waals surface area contributed by atoms with Crippen LogP contribution >= 0.6 is 0 Å². The van der Waals surface area contributed by atoms with E-state index in [2.05, 4.69) is 0 Å². The Balaban J connectivity index is 1.50. The van der Waals surface area contributed by atoms with Gasteiger partial charge < -0.3 is 24.0 Å². The Hall–Kier alpha value is -3.22. The summed E-state index contributed by atoms with van der Waals surface area (Å²) in [6, 6.07) is 13.1. The van der Waals surface area contributed by atoms with Gasteiger partial charge in [-0.2, -0.15) is 0 Å². The topological polar surface area (TPSA) is 68.3 Å². The molecule has 0 radical (unpaired) electrons. The van der Waals surface area contributed by atoms with E-state index in [1.165, 1.54) is 0 Å². The fourth-order valence-corrected chi connectivity index (χ4v) is 4.03. The molecule has 2 aromatic carbocycles. The number of nitrogens with zero attached hydrogens (tertiary/aromatic N) is 2. The number of rotatable bonds is 6. The number of methoxy groups -OCH3 is 1. The van der Waals surface area contributed by atoms with Crippen LogP contribution in [0, 0.1) is 5.92 Å². The molecule has 0 spiro atoms. The SMILES string of the molecule is CCN(Cc1cccc2c1OCCO2)C(=O)C1CC(=O)N(c2ccccc2OC)C1. The molecular formula is C23H26N2O5. The third-order valence-electron chi connectivity index (χ3n) is 5.55. The predicted octanol–water partition coefficient (Wildman–Crippen LogP) is 2.87. The highest BCUT2D eigenvalue weighted by molar-refractivity contribution is 6.01. The summed E-state index contributed by atoms with van der Waals surface area (Å²) < 4.78 is 16.8. The smallest absolute Gasteiger partial charge is 0.228 e. The van der Waals surface area contributed by atoms with Crippen LogP contribution in [-0.4, -0.2) is 50.1 Å². The maximum absolute atomic E-state index is 13.3. The van der Waals surface area contributed by atoms with Crippen molar-refractivity contribution in [2.24, 2.45) is 5.92 Å². The van der Waals surface area contributed by atoms with Crippen LogP contribution in [0.5, 0.6) is 17.2 Å². The van der Waals surface area contributed by atoms with Gasteiger partial charge in [-0.3, -0.25) is 9.59 Å². The number of para-hydroxylation sites is 3. The quantitative estimate of drug-likeness (QED) is 0.733. The Morgan fingerprint density at radius 2 is 1.97 bits per heavy atom. The lowest BCUT2D eigenvalue weighted by Gasteiger charge is -2.27. The van der Waals surface area contributed by atoms with E-state index in [-0.39, 0.29) is 24.2 Å². The van der Waals surface area contributed by atoms with Gasteiger partial charge in [0.25, 0.3) is 0 Å². The van der Waals surface area contributed by atoms with Crippen molar-refractivity contribution in [3.63, 3.8) is 0 Å². The Bertz CT molecular complexity index is 945. The van der Waals surface area contributed by atoms with Crippen molar-refractivity contribution in [3.05, 3.63) is 48.0 Å². The van der Waals surface area contributed by atoms with Crippen molar-refractivity contribution in [1.82, 2.24) is 4.90 Å². The van der Waals surface area contributed by atoms with Crippen LogP contribution < -0.4 is 19.1 Å². The highest BCUT2D eigenvalue weighted by Gasteiger charge is 2.38. The van der Waals surface area contributed by atoms with E-state index in [1.54, 1.807) is 16.9 Å². The monoisotopic (exact) mass is 410 g/mol. The molecule has 1 fully saturated rings. The normalized spacial score (nSPS) is 17.7. The molecule has 1 unspecified atom stereocenters. The van der Waals surface area contributed by atoms with Crippen molar-refractivity contribution in [2.45, 2.75) is 19.9 Å². The second kappa shape index (κ2) is 8.65. The molecule has 0 aliphatic carbocycles. The molecule has 158 valence electrons. The number of anilines is 1. The number of hydrogen-bond acceptors (Lipinski definition) is 5. The summed E-state index contributed by atoms with van der Waals surface area (Å²) in [4.78, 5) is 29.4. The lowest BCUT2D eigenvalue weighted by atomic mass is 10.1. The minimum atomic E-state index is -0.390. The fourth-order valence-electron chi connectivity index (χ4n) is 4.03. The third-order valence-corrected chi connectivity index (χ3v) is 5.55. The summed E-state index contributed by atoms with van der Waals surface area (Å²) in [5, 5.41) is 0. The zero-order chi connectivity index (χ0) is 21.1. The van der Waals surface area contributed by atoms with Crippen molar-refractivity contribution >= 4 is 17.5 Å². The van der Waals surface area contributed by atoms with Gasteiger partial charge in [0.1, 0.15) is 19.0 Å². The van der Waals surface area contributed by atoms with Crippen molar-refractivity contribution in [3.8, 4) is 17.2 Å². The standard InChI is InChI=1S/C23H26N2O5/c1-3-24(14-16-7-6-10-20-22(16)30-12-11-29-20)23(27)17-13-21(26)25(15-17)18-8-4-5-9-19(18)28-2/h4-10,17H,3,11-15H2,1-2H3. The number of carbonyl (C=O) groups excluding carboxylic acids is 2. The summed E-state index contributed by atoms with van der Waals surface area (Å²) in [6.07, 6.45) is 0.194. The van der Waals surface area contributed by atoms with Crippen LogP contribution in [0.25, 0.3) is 0 Å². The Morgan fingerprint density at radius 3 is 2.77 bits per heavy atom. The number of hydrogen-bond donors (Lipinski definition) is 0. The van der Waals surface area contributed by atoms with Crippen LogP contribution in [0.3, 0.4) is 0 Å². The van der Waals surface area contributed by atoms with Crippen LogP contribution in [0.15, 0.2) is 42.5 Å². The molecule has 7 nitrogen and oxygen atoms in total. The van der Waals surface area contributed by atoms with Gasteiger partial charge in [0.05, 0.1) is 18.7 Å². The molecule has 1 saturated heterocycles. The van der Waals surface area contributed by atoms with Gasteiger partial charge in [-0.1, -0.05) is 24.3 Å². The van der Waals surface area contributed by atoms with Crippen LogP contribution in [0.1, 0.15) is 18.9 Å². The lowest BCUT2D eigenvalue weighted by molar-refractivity contribution is -0.136. The largest absolute Gasteiger partial charge is 0.495 e. The van der Waals surface area contributed by atoms with E-state index in [0.717, 1.165) is 5.56 Å². The van der Waals surface area contributed by atoms with E-state index < -0.39 is 0 Å². The van der Waals surface area contributed by atoms with Crippen molar-refractivity contribution in [1.29, 1.82) is 0 Å². The fraction of sp³-hybridized carbons (Fsp3) is 0.391. The highest BCUT2D eigenvalue weighted by atomic mass is 16.6. The van der Waals surface area contributed by atoms with Gasteiger partial charge >= 0.3 is 0 Å². The van der Waals surface area contributed by atoms with Gasteiger partial charge in [-0.25, -0.2) is 0 Å². The van der Waals surface area contributed by atoms with E-state index in [0.29, 0.717) is 55.8 Å². The first-order valence-electron chi connectivity index (χ1n) is 10.2. The second-order valence-electron chi connectivity index (χ2n) is 7.37. The summed E-state index contributed by atoms with van der Waals surface area (Å²) in [6.45, 7) is 4.27. The third kappa shape index (κ3) is 3.79.